The fraction of sp³-hybridized carbons (Fsp3) is 0. The molecule has 4 heteroatoms. The molecule has 0 radical (unpaired) electrons. The zero-order valence-electron chi connectivity index (χ0n) is 25.8. The molecule has 0 fully saturated rings. The average Bonchev–Trinajstić information content (AvgIpc) is 3.71. The topological polar surface area (TPSA) is 30.7 Å². The van der Waals surface area contributed by atoms with E-state index in [1.807, 2.05) is 6.07 Å². The second-order valence-electron chi connectivity index (χ2n) is 12.2. The summed E-state index contributed by atoms with van der Waals surface area (Å²) in [5, 5.41) is 6.14. The molecule has 0 unspecified atom stereocenters. The number of benzene rings is 7. The van der Waals surface area contributed by atoms with Crippen LogP contribution in [0, 0.1) is 0 Å². The van der Waals surface area contributed by atoms with Crippen molar-refractivity contribution in [2.75, 3.05) is 0 Å². The van der Waals surface area contributed by atoms with Gasteiger partial charge in [-0.3, -0.25) is 0 Å². The summed E-state index contributed by atoms with van der Waals surface area (Å²) in [6.45, 7) is 0. The van der Waals surface area contributed by atoms with Crippen LogP contribution in [0.4, 0.5) is 0 Å². The number of para-hydroxylation sites is 1. The molecule has 0 aliphatic carbocycles. The molecule has 0 saturated heterocycles. The maximum atomic E-state index is 5.22. The third kappa shape index (κ3) is 4.20. The van der Waals surface area contributed by atoms with Gasteiger partial charge in [0.05, 0.1) is 26.9 Å². The molecule has 48 heavy (non-hydrogen) atoms. The molecule has 7 aromatic carbocycles. The Morgan fingerprint density at radius 2 is 1.17 bits per heavy atom. The normalized spacial score (nSPS) is 11.8. The molecule has 0 bridgehead atoms. The van der Waals surface area contributed by atoms with E-state index in [9.17, 15) is 0 Å². The van der Waals surface area contributed by atoms with E-state index in [2.05, 4.69) is 162 Å². The second kappa shape index (κ2) is 10.7. The molecule has 0 saturated carbocycles. The summed E-state index contributed by atoms with van der Waals surface area (Å²) < 4.78 is 4.75. The summed E-state index contributed by atoms with van der Waals surface area (Å²) in [6, 6.07) is 58.4. The first-order chi connectivity index (χ1) is 23.8. The van der Waals surface area contributed by atoms with Crippen molar-refractivity contribution >= 4 is 64.2 Å². The van der Waals surface area contributed by atoms with Crippen molar-refractivity contribution in [2.24, 2.45) is 0 Å². The molecule has 10 rings (SSSR count). The molecule has 0 N–H and O–H groups in total. The van der Waals surface area contributed by atoms with E-state index in [4.69, 9.17) is 9.97 Å². The number of hydrogen-bond acceptors (Lipinski definition) is 3. The maximum Gasteiger partial charge on any atom is 0.160 e. The van der Waals surface area contributed by atoms with Gasteiger partial charge in [0.25, 0.3) is 0 Å². The van der Waals surface area contributed by atoms with Gasteiger partial charge in [0.1, 0.15) is 0 Å². The minimum Gasteiger partial charge on any atom is -0.309 e. The largest absolute Gasteiger partial charge is 0.309 e. The molecule has 0 aliphatic heterocycles. The molecule has 0 atom stereocenters. The molecule has 0 spiro atoms. The van der Waals surface area contributed by atoms with Gasteiger partial charge in [-0.2, -0.15) is 0 Å². The Balaban J connectivity index is 1.17. The predicted octanol–water partition coefficient (Wildman–Crippen LogP) is 12.1. The summed E-state index contributed by atoms with van der Waals surface area (Å²) in [5.41, 5.74) is 9.96. The zero-order valence-corrected chi connectivity index (χ0v) is 26.7. The van der Waals surface area contributed by atoms with Crippen LogP contribution in [0.5, 0.6) is 0 Å². The van der Waals surface area contributed by atoms with E-state index in [1.165, 1.54) is 42.7 Å². The minimum absolute atomic E-state index is 0.736. The van der Waals surface area contributed by atoms with Crippen LogP contribution in [0.2, 0.25) is 0 Å². The quantitative estimate of drug-likeness (QED) is 0.194. The first-order valence-corrected chi connectivity index (χ1v) is 17.0. The Morgan fingerprint density at radius 1 is 0.458 bits per heavy atom. The van der Waals surface area contributed by atoms with Crippen molar-refractivity contribution in [1.29, 1.82) is 0 Å². The molecule has 0 amide bonds. The van der Waals surface area contributed by atoms with Crippen LogP contribution in [0.25, 0.3) is 92.3 Å². The maximum absolute atomic E-state index is 5.22. The number of fused-ring (bicyclic) bond motifs is 8. The first kappa shape index (κ1) is 27.1. The average molecular weight is 630 g/mol. The van der Waals surface area contributed by atoms with E-state index in [0.717, 1.165) is 49.7 Å². The zero-order chi connectivity index (χ0) is 31.6. The van der Waals surface area contributed by atoms with Crippen molar-refractivity contribution in [3.05, 3.63) is 164 Å². The van der Waals surface area contributed by atoms with Crippen LogP contribution < -0.4 is 0 Å². The smallest absolute Gasteiger partial charge is 0.160 e. The SMILES string of the molecule is c1ccc(-c2nc(-c3cccc(-c4ccc5c(c4)c4ccc6ccccc6c4n5-c4ccccc4)c3)nc3c2sc2ccccc23)cc1. The van der Waals surface area contributed by atoms with Gasteiger partial charge in [0.15, 0.2) is 5.82 Å². The molecule has 3 nitrogen and oxygen atoms in total. The number of rotatable bonds is 4. The van der Waals surface area contributed by atoms with Crippen molar-refractivity contribution in [3.8, 4) is 39.5 Å². The van der Waals surface area contributed by atoms with Crippen molar-refractivity contribution < 1.29 is 0 Å². The van der Waals surface area contributed by atoms with E-state index < -0.39 is 0 Å². The molecule has 3 aromatic heterocycles. The molecule has 224 valence electrons. The number of aromatic nitrogens is 3. The summed E-state index contributed by atoms with van der Waals surface area (Å²) in [6.07, 6.45) is 0. The number of nitrogens with zero attached hydrogens (tertiary/aromatic N) is 3. The highest BCUT2D eigenvalue weighted by molar-refractivity contribution is 7.26. The molecular formula is C44H27N3S. The number of hydrogen-bond donors (Lipinski definition) is 0. The van der Waals surface area contributed by atoms with E-state index >= 15 is 0 Å². The van der Waals surface area contributed by atoms with Gasteiger partial charge >= 0.3 is 0 Å². The monoisotopic (exact) mass is 629 g/mol. The fourth-order valence-corrected chi connectivity index (χ4v) is 8.31. The lowest BCUT2D eigenvalue weighted by Gasteiger charge is -2.10. The molecule has 0 aliphatic rings. The second-order valence-corrected chi connectivity index (χ2v) is 13.3. The van der Waals surface area contributed by atoms with E-state index in [-0.39, 0.29) is 0 Å². The predicted molar refractivity (Wildman–Crippen MR) is 203 cm³/mol. The third-order valence-electron chi connectivity index (χ3n) is 9.39. The van der Waals surface area contributed by atoms with Crippen molar-refractivity contribution in [2.45, 2.75) is 0 Å². The summed E-state index contributed by atoms with van der Waals surface area (Å²) >= 11 is 1.76. The molecule has 10 aromatic rings. The Labute approximate surface area is 281 Å². The van der Waals surface area contributed by atoms with Gasteiger partial charge in [-0.15, -0.1) is 11.3 Å². The Morgan fingerprint density at radius 3 is 2.04 bits per heavy atom. The third-order valence-corrected chi connectivity index (χ3v) is 10.6. The van der Waals surface area contributed by atoms with Gasteiger partial charge < -0.3 is 4.57 Å². The van der Waals surface area contributed by atoms with Crippen molar-refractivity contribution in [3.63, 3.8) is 0 Å². The lowest BCUT2D eigenvalue weighted by molar-refractivity contribution is 1.19. The number of thiophene rings is 1. The summed E-state index contributed by atoms with van der Waals surface area (Å²) in [5.74, 6) is 0.736. The van der Waals surface area contributed by atoms with Crippen LogP contribution >= 0.6 is 11.3 Å². The Bertz CT molecular complexity index is 2830. The van der Waals surface area contributed by atoms with Crippen molar-refractivity contribution in [1.82, 2.24) is 14.5 Å². The van der Waals surface area contributed by atoms with Crippen LogP contribution in [0.1, 0.15) is 0 Å². The highest BCUT2D eigenvalue weighted by Gasteiger charge is 2.18. The van der Waals surface area contributed by atoms with Crippen LogP contribution in [-0.2, 0) is 0 Å². The molecular weight excluding hydrogens is 603 g/mol. The van der Waals surface area contributed by atoms with Crippen LogP contribution in [0.15, 0.2) is 164 Å². The van der Waals surface area contributed by atoms with Gasteiger partial charge in [-0.25, -0.2) is 9.97 Å². The fourth-order valence-electron chi connectivity index (χ4n) is 7.15. The van der Waals surface area contributed by atoms with Gasteiger partial charge in [-0.05, 0) is 52.9 Å². The summed E-state index contributed by atoms with van der Waals surface area (Å²) in [7, 11) is 0. The standard InChI is InChI=1S/C44H27N3S/c1-3-13-29(14-4-1)40-43-41(36-20-9-10-21-39(36)48-43)46-44(45-40)32-16-11-15-30(26-32)31-23-25-38-37(27-31)35-24-22-28-12-7-8-19-34(28)42(35)47(38)33-17-5-2-6-18-33/h1-27H. The summed E-state index contributed by atoms with van der Waals surface area (Å²) in [4.78, 5) is 10.4. The van der Waals surface area contributed by atoms with Crippen LogP contribution in [-0.4, -0.2) is 14.5 Å². The highest BCUT2D eigenvalue weighted by atomic mass is 32.1. The van der Waals surface area contributed by atoms with Crippen LogP contribution in [0.3, 0.4) is 0 Å². The van der Waals surface area contributed by atoms with E-state index in [0.29, 0.717) is 0 Å². The van der Waals surface area contributed by atoms with Gasteiger partial charge in [0, 0.05) is 43.1 Å². The van der Waals surface area contributed by atoms with Gasteiger partial charge in [0.2, 0.25) is 0 Å². The minimum atomic E-state index is 0.736. The lowest BCUT2D eigenvalue weighted by atomic mass is 9.99. The van der Waals surface area contributed by atoms with E-state index in [1.54, 1.807) is 11.3 Å². The Hall–Kier alpha value is -6.10. The lowest BCUT2D eigenvalue weighted by Crippen LogP contribution is -1.94. The molecule has 3 heterocycles. The first-order valence-electron chi connectivity index (χ1n) is 16.2. The highest BCUT2D eigenvalue weighted by Crippen LogP contribution is 2.41. The Kier molecular flexibility index (Phi) is 6.05. The van der Waals surface area contributed by atoms with Gasteiger partial charge in [-0.1, -0.05) is 127 Å².